The molecule has 0 aliphatic heterocycles. The summed E-state index contributed by atoms with van der Waals surface area (Å²) in [6.07, 6.45) is 0.669. The highest BCUT2D eigenvalue weighted by molar-refractivity contribution is 7.99. The van der Waals surface area contributed by atoms with E-state index in [-0.39, 0.29) is 17.8 Å². The van der Waals surface area contributed by atoms with Crippen LogP contribution in [0.25, 0.3) is 0 Å². The van der Waals surface area contributed by atoms with Crippen LogP contribution < -0.4 is 10.1 Å². The van der Waals surface area contributed by atoms with Gasteiger partial charge in [0.05, 0.1) is 24.1 Å². The molecule has 0 saturated heterocycles. The summed E-state index contributed by atoms with van der Waals surface area (Å²) in [5.74, 6) is 0.803. The molecule has 0 unspecified atom stereocenters. The van der Waals surface area contributed by atoms with Crippen molar-refractivity contribution in [3.8, 4) is 5.75 Å². The number of carbonyl (C=O) groups is 2. The number of thioether (sulfide) groups is 1. The third-order valence-electron chi connectivity index (χ3n) is 5.01. The van der Waals surface area contributed by atoms with E-state index in [1.165, 1.54) is 24.4 Å². The number of para-hydroxylation sites is 1. The van der Waals surface area contributed by atoms with Crippen molar-refractivity contribution in [3.05, 3.63) is 65.5 Å². The number of esters is 1. The van der Waals surface area contributed by atoms with Crippen LogP contribution in [-0.4, -0.2) is 39.5 Å². The molecule has 1 amide bonds. The van der Waals surface area contributed by atoms with Crippen LogP contribution >= 0.6 is 11.8 Å². The minimum absolute atomic E-state index is 0.112. The molecule has 0 aliphatic rings. The number of hydrogen-bond donors (Lipinski definition) is 1. The smallest absolute Gasteiger partial charge is 0.339 e. The van der Waals surface area contributed by atoms with Gasteiger partial charge in [0.15, 0.2) is 17.1 Å². The fourth-order valence-corrected chi connectivity index (χ4v) is 4.07. The molecule has 0 spiro atoms. The molecule has 0 bridgehead atoms. The van der Waals surface area contributed by atoms with Gasteiger partial charge in [0.1, 0.15) is 5.75 Å². The fourth-order valence-electron chi connectivity index (χ4n) is 3.26. The van der Waals surface area contributed by atoms with Gasteiger partial charge in [-0.25, -0.2) is 4.79 Å². The van der Waals surface area contributed by atoms with Crippen LogP contribution in [0.3, 0.4) is 0 Å². The van der Waals surface area contributed by atoms with Crippen molar-refractivity contribution < 1.29 is 19.1 Å². The summed E-state index contributed by atoms with van der Waals surface area (Å²) in [6, 6.07) is 14.7. The molecule has 0 fully saturated rings. The number of aromatic nitrogens is 3. The van der Waals surface area contributed by atoms with Gasteiger partial charge < -0.3 is 19.4 Å². The molecule has 33 heavy (non-hydrogen) atoms. The molecule has 1 N–H and O–H groups in total. The van der Waals surface area contributed by atoms with E-state index in [1.807, 2.05) is 42.7 Å². The highest BCUT2D eigenvalue weighted by Crippen LogP contribution is 2.25. The monoisotopic (exact) mass is 468 g/mol. The van der Waals surface area contributed by atoms with Crippen molar-refractivity contribution in [2.75, 3.05) is 18.2 Å². The van der Waals surface area contributed by atoms with Crippen molar-refractivity contribution in [2.45, 2.75) is 45.0 Å². The Hall–Kier alpha value is -3.33. The van der Waals surface area contributed by atoms with Crippen LogP contribution in [-0.2, 0) is 22.5 Å². The second-order valence-electron chi connectivity index (χ2n) is 7.22. The summed E-state index contributed by atoms with van der Waals surface area (Å²) >= 11 is 1.27. The van der Waals surface area contributed by atoms with Crippen LogP contribution in [0.2, 0.25) is 0 Å². The molecule has 3 rings (SSSR count). The molecule has 9 heteroatoms. The second kappa shape index (κ2) is 11.5. The van der Waals surface area contributed by atoms with Gasteiger partial charge >= 0.3 is 5.97 Å². The average Bonchev–Trinajstić information content (AvgIpc) is 3.26. The van der Waals surface area contributed by atoms with Gasteiger partial charge in [-0.1, -0.05) is 43.0 Å². The van der Waals surface area contributed by atoms with Crippen LogP contribution in [0.15, 0.2) is 53.7 Å². The van der Waals surface area contributed by atoms with E-state index >= 15 is 0 Å². The topological polar surface area (TPSA) is 95.3 Å². The molecule has 1 aromatic heterocycles. The number of nitrogens with zero attached hydrogens (tertiary/aromatic N) is 3. The number of carbonyl (C=O) groups excluding carboxylic acids is 2. The van der Waals surface area contributed by atoms with Crippen molar-refractivity contribution >= 4 is 29.3 Å². The molecule has 3 aromatic rings. The molecule has 8 nitrogen and oxygen atoms in total. The number of rotatable bonds is 10. The molecule has 2 aromatic carbocycles. The third kappa shape index (κ3) is 6.13. The molecule has 1 heterocycles. The number of benzene rings is 2. The molecular formula is C24H28N4O4S. The maximum atomic E-state index is 12.5. The van der Waals surface area contributed by atoms with E-state index in [4.69, 9.17) is 9.47 Å². The first-order chi connectivity index (χ1) is 16.0. The normalized spacial score (nSPS) is 11.6. The van der Waals surface area contributed by atoms with Gasteiger partial charge in [0.2, 0.25) is 5.91 Å². The molecule has 174 valence electrons. The zero-order valence-electron chi connectivity index (χ0n) is 19.2. The van der Waals surface area contributed by atoms with Gasteiger partial charge in [-0.05, 0) is 50.1 Å². The molecule has 1 atom stereocenters. The largest absolute Gasteiger partial charge is 0.483 e. The number of aryl methyl sites for hydroxylation is 1. The fraction of sp³-hybridized carbons (Fsp3) is 0.333. The summed E-state index contributed by atoms with van der Waals surface area (Å²) in [7, 11) is 1.30. The van der Waals surface area contributed by atoms with Crippen LogP contribution in [0, 0.1) is 0 Å². The lowest BCUT2D eigenvalue weighted by molar-refractivity contribution is -0.113. The Bertz CT molecular complexity index is 1100. The van der Waals surface area contributed by atoms with Crippen LogP contribution in [0.5, 0.6) is 5.75 Å². The first kappa shape index (κ1) is 24.3. The zero-order chi connectivity index (χ0) is 23.8. The second-order valence-corrected chi connectivity index (χ2v) is 8.16. The maximum Gasteiger partial charge on any atom is 0.339 e. The summed E-state index contributed by atoms with van der Waals surface area (Å²) in [5, 5.41) is 11.9. The summed E-state index contributed by atoms with van der Waals surface area (Å²) < 4.78 is 12.8. The van der Waals surface area contributed by atoms with Gasteiger partial charge in [0, 0.05) is 6.54 Å². The van der Waals surface area contributed by atoms with E-state index in [9.17, 15) is 9.59 Å². The lowest BCUT2D eigenvalue weighted by Crippen LogP contribution is -2.17. The molecule has 0 radical (unpaired) electrons. The first-order valence-corrected chi connectivity index (χ1v) is 11.7. The van der Waals surface area contributed by atoms with E-state index in [1.54, 1.807) is 24.3 Å². The number of nitrogens with one attached hydrogen (secondary N) is 1. The summed E-state index contributed by atoms with van der Waals surface area (Å²) in [6.45, 7) is 6.67. The van der Waals surface area contributed by atoms with Crippen molar-refractivity contribution in [2.24, 2.45) is 0 Å². The van der Waals surface area contributed by atoms with Crippen LogP contribution in [0.1, 0.15) is 48.6 Å². The Kier molecular flexibility index (Phi) is 8.48. The van der Waals surface area contributed by atoms with Crippen molar-refractivity contribution in [1.29, 1.82) is 0 Å². The van der Waals surface area contributed by atoms with E-state index in [0.29, 0.717) is 28.8 Å². The Labute approximate surface area is 197 Å². The van der Waals surface area contributed by atoms with Gasteiger partial charge in [-0.15, -0.1) is 10.2 Å². The zero-order valence-corrected chi connectivity index (χ0v) is 20.0. The highest BCUT2D eigenvalue weighted by atomic mass is 32.2. The van der Waals surface area contributed by atoms with Gasteiger partial charge in [0.25, 0.3) is 0 Å². The van der Waals surface area contributed by atoms with E-state index in [0.717, 1.165) is 12.2 Å². The minimum atomic E-state index is -0.507. The third-order valence-corrected chi connectivity index (χ3v) is 5.98. The average molecular weight is 469 g/mol. The van der Waals surface area contributed by atoms with E-state index in [2.05, 4.69) is 22.4 Å². The predicted octanol–water partition coefficient (Wildman–Crippen LogP) is 4.52. The minimum Gasteiger partial charge on any atom is -0.483 e. The Morgan fingerprint density at radius 3 is 2.48 bits per heavy atom. The lowest BCUT2D eigenvalue weighted by atomic mass is 10.2. The quantitative estimate of drug-likeness (QED) is 0.345. The number of methoxy groups -OCH3 is 1. The number of amides is 1. The van der Waals surface area contributed by atoms with Crippen LogP contribution in [0.4, 0.5) is 5.69 Å². The molecule has 0 saturated carbocycles. The Morgan fingerprint density at radius 2 is 1.82 bits per heavy atom. The van der Waals surface area contributed by atoms with Gasteiger partial charge in [-0.3, -0.25) is 4.79 Å². The lowest BCUT2D eigenvalue weighted by Gasteiger charge is -2.16. The standard InChI is InChI=1S/C24H28N4O4S/c1-5-17-11-13-18(14-12-17)32-16(3)22-26-27-24(28(22)6-2)33-15-21(29)25-20-10-8-7-9-19(20)23(30)31-4/h7-14,16H,5-6,15H2,1-4H3,(H,25,29)/t16-/m0/s1. The molecule has 0 aliphatic carbocycles. The Morgan fingerprint density at radius 1 is 1.09 bits per heavy atom. The maximum absolute atomic E-state index is 12.5. The first-order valence-electron chi connectivity index (χ1n) is 10.7. The predicted molar refractivity (Wildman–Crippen MR) is 128 cm³/mol. The number of hydrogen-bond acceptors (Lipinski definition) is 7. The van der Waals surface area contributed by atoms with Gasteiger partial charge in [-0.2, -0.15) is 0 Å². The molecular weight excluding hydrogens is 440 g/mol. The summed E-state index contributed by atoms with van der Waals surface area (Å²) in [4.78, 5) is 24.4. The van der Waals surface area contributed by atoms with E-state index < -0.39 is 5.97 Å². The SMILES string of the molecule is CCc1ccc(O[C@@H](C)c2nnc(SCC(=O)Nc3ccccc3C(=O)OC)n2CC)cc1. The highest BCUT2D eigenvalue weighted by Gasteiger charge is 2.20. The number of anilines is 1. The summed E-state index contributed by atoms with van der Waals surface area (Å²) in [5.41, 5.74) is 1.96. The Balaban J connectivity index is 1.64. The number of ether oxygens (including phenoxy) is 2. The van der Waals surface area contributed by atoms with Crippen molar-refractivity contribution in [3.63, 3.8) is 0 Å². The van der Waals surface area contributed by atoms with Crippen molar-refractivity contribution in [1.82, 2.24) is 14.8 Å².